The third-order valence-corrected chi connectivity index (χ3v) is 3.82. The highest BCUT2D eigenvalue weighted by Gasteiger charge is 2.25. The number of aromatic nitrogens is 2. The Morgan fingerprint density at radius 3 is 2.71 bits per heavy atom. The molecule has 0 saturated heterocycles. The van der Waals surface area contributed by atoms with E-state index in [1.54, 1.807) is 13.8 Å². The molecule has 10 heteroatoms. The van der Waals surface area contributed by atoms with E-state index in [2.05, 4.69) is 20.2 Å². The molecule has 0 aromatic carbocycles. The SMILES string of the molecule is CCNC(=O)CCNS(=O)(=O)c1[nH]ncc1C(=O)OCC. The number of esters is 1. The number of hydrogen-bond acceptors (Lipinski definition) is 6. The van der Waals surface area contributed by atoms with Gasteiger partial charge in [-0.15, -0.1) is 0 Å². The Labute approximate surface area is 122 Å². The molecular formula is C11H18N4O5S. The van der Waals surface area contributed by atoms with Crippen LogP contribution in [0.1, 0.15) is 30.6 Å². The fourth-order valence-electron chi connectivity index (χ4n) is 1.49. The minimum absolute atomic E-state index is 0.00402. The first-order valence-corrected chi connectivity index (χ1v) is 7.87. The van der Waals surface area contributed by atoms with Gasteiger partial charge in [0.05, 0.1) is 12.8 Å². The average Bonchev–Trinajstić information content (AvgIpc) is 2.89. The molecule has 0 spiro atoms. The highest BCUT2D eigenvalue weighted by molar-refractivity contribution is 7.89. The van der Waals surface area contributed by atoms with E-state index in [1.807, 2.05) is 0 Å². The minimum atomic E-state index is -3.97. The number of nitrogens with zero attached hydrogens (tertiary/aromatic N) is 1. The molecule has 3 N–H and O–H groups in total. The highest BCUT2D eigenvalue weighted by Crippen LogP contribution is 2.12. The summed E-state index contributed by atoms with van der Waals surface area (Å²) in [7, 11) is -3.97. The van der Waals surface area contributed by atoms with Crippen LogP contribution in [0, 0.1) is 0 Å². The van der Waals surface area contributed by atoms with Gasteiger partial charge in [-0.25, -0.2) is 17.9 Å². The molecule has 0 fully saturated rings. The fraction of sp³-hybridized carbons (Fsp3) is 0.545. The molecule has 0 bridgehead atoms. The van der Waals surface area contributed by atoms with Crippen molar-refractivity contribution in [3.8, 4) is 0 Å². The summed E-state index contributed by atoms with van der Waals surface area (Å²) in [5.41, 5.74) is -0.178. The summed E-state index contributed by atoms with van der Waals surface area (Å²) >= 11 is 0. The van der Waals surface area contributed by atoms with Gasteiger partial charge in [-0.05, 0) is 13.8 Å². The first-order valence-electron chi connectivity index (χ1n) is 6.39. The maximum Gasteiger partial charge on any atom is 0.342 e. The third-order valence-electron chi connectivity index (χ3n) is 2.39. The lowest BCUT2D eigenvalue weighted by molar-refractivity contribution is -0.120. The maximum atomic E-state index is 12.0. The van der Waals surface area contributed by atoms with E-state index in [-0.39, 0.29) is 36.1 Å². The van der Waals surface area contributed by atoms with Crippen molar-refractivity contribution < 1.29 is 22.7 Å². The van der Waals surface area contributed by atoms with Crippen LogP contribution in [0.3, 0.4) is 0 Å². The summed E-state index contributed by atoms with van der Waals surface area (Å²) in [6.07, 6.45) is 1.08. The summed E-state index contributed by atoms with van der Waals surface area (Å²) in [6, 6.07) is 0. The predicted octanol–water partition coefficient (Wildman–Crippen LogP) is -0.609. The predicted molar refractivity (Wildman–Crippen MR) is 73.0 cm³/mol. The zero-order valence-corrected chi connectivity index (χ0v) is 12.6. The van der Waals surface area contributed by atoms with E-state index in [0.29, 0.717) is 6.54 Å². The summed E-state index contributed by atoms with van der Waals surface area (Å²) < 4.78 is 31.0. The Balaban J connectivity index is 2.73. The van der Waals surface area contributed by atoms with Crippen LogP contribution in [0.4, 0.5) is 0 Å². The maximum absolute atomic E-state index is 12.0. The van der Waals surface area contributed by atoms with Gasteiger partial charge in [0, 0.05) is 19.5 Å². The number of carbonyl (C=O) groups excluding carboxylic acids is 2. The van der Waals surface area contributed by atoms with E-state index in [9.17, 15) is 18.0 Å². The zero-order chi connectivity index (χ0) is 15.9. The van der Waals surface area contributed by atoms with Crippen molar-refractivity contribution in [3.05, 3.63) is 11.8 Å². The van der Waals surface area contributed by atoms with Gasteiger partial charge in [0.25, 0.3) is 10.0 Å². The number of sulfonamides is 1. The van der Waals surface area contributed by atoms with Crippen molar-refractivity contribution in [3.63, 3.8) is 0 Å². The van der Waals surface area contributed by atoms with Gasteiger partial charge < -0.3 is 10.1 Å². The second-order valence-electron chi connectivity index (χ2n) is 3.93. The van der Waals surface area contributed by atoms with Crippen LogP contribution in [-0.2, 0) is 19.6 Å². The first kappa shape index (κ1) is 17.1. The Kier molecular flexibility index (Phi) is 6.31. The molecule has 9 nitrogen and oxygen atoms in total. The molecule has 0 aliphatic carbocycles. The van der Waals surface area contributed by atoms with E-state index in [4.69, 9.17) is 4.74 Å². The third kappa shape index (κ3) is 4.83. The molecule has 1 aromatic heterocycles. The van der Waals surface area contributed by atoms with Gasteiger partial charge in [-0.3, -0.25) is 9.89 Å². The van der Waals surface area contributed by atoms with Crippen molar-refractivity contribution in [1.29, 1.82) is 0 Å². The lowest BCUT2D eigenvalue weighted by Gasteiger charge is -2.07. The number of aromatic amines is 1. The Morgan fingerprint density at radius 2 is 2.10 bits per heavy atom. The van der Waals surface area contributed by atoms with E-state index >= 15 is 0 Å². The van der Waals surface area contributed by atoms with Gasteiger partial charge in [0.2, 0.25) is 5.91 Å². The molecular weight excluding hydrogens is 300 g/mol. The normalized spacial score (nSPS) is 11.1. The minimum Gasteiger partial charge on any atom is -0.462 e. The smallest absolute Gasteiger partial charge is 0.342 e. The summed E-state index contributed by atoms with van der Waals surface area (Å²) in [5, 5.41) is 7.95. The van der Waals surface area contributed by atoms with Crippen molar-refractivity contribution in [1.82, 2.24) is 20.2 Å². The molecule has 1 rings (SSSR count). The van der Waals surface area contributed by atoms with Crippen LogP contribution in [0.25, 0.3) is 0 Å². The molecule has 0 saturated carbocycles. The van der Waals surface area contributed by atoms with Gasteiger partial charge in [0.15, 0.2) is 5.03 Å². The standard InChI is InChI=1S/C11H18N4O5S/c1-3-12-9(16)5-6-14-21(18,19)10-8(7-13-15-10)11(17)20-4-2/h7,14H,3-6H2,1-2H3,(H,12,16)(H,13,15). The largest absolute Gasteiger partial charge is 0.462 e. The van der Waals surface area contributed by atoms with Crippen molar-refractivity contribution in [2.75, 3.05) is 19.7 Å². The van der Waals surface area contributed by atoms with Crippen molar-refractivity contribution in [2.24, 2.45) is 0 Å². The Bertz CT molecular complexity index is 596. The quantitative estimate of drug-likeness (QED) is 0.548. The molecule has 21 heavy (non-hydrogen) atoms. The van der Waals surface area contributed by atoms with Crippen LogP contribution in [0.5, 0.6) is 0 Å². The van der Waals surface area contributed by atoms with Gasteiger partial charge in [0.1, 0.15) is 5.56 Å². The van der Waals surface area contributed by atoms with Crippen molar-refractivity contribution >= 4 is 21.9 Å². The fourth-order valence-corrected chi connectivity index (χ4v) is 2.60. The second-order valence-corrected chi connectivity index (χ2v) is 5.64. The van der Waals surface area contributed by atoms with Gasteiger partial charge in [-0.1, -0.05) is 0 Å². The molecule has 0 radical (unpaired) electrons. The van der Waals surface area contributed by atoms with Crippen LogP contribution < -0.4 is 10.0 Å². The van der Waals surface area contributed by atoms with E-state index < -0.39 is 16.0 Å². The first-order chi connectivity index (χ1) is 9.92. The number of rotatable bonds is 8. The molecule has 0 aliphatic rings. The second kappa shape index (κ2) is 7.74. The molecule has 1 amide bonds. The number of nitrogens with one attached hydrogen (secondary N) is 3. The zero-order valence-electron chi connectivity index (χ0n) is 11.8. The summed E-state index contributed by atoms with van der Waals surface area (Å²) in [5.74, 6) is -1.05. The summed E-state index contributed by atoms with van der Waals surface area (Å²) in [6.45, 7) is 3.87. The monoisotopic (exact) mass is 318 g/mol. The van der Waals surface area contributed by atoms with Gasteiger partial charge in [-0.2, -0.15) is 5.10 Å². The molecule has 118 valence electrons. The number of H-pyrrole nitrogens is 1. The van der Waals surface area contributed by atoms with E-state index in [0.717, 1.165) is 6.20 Å². The Morgan fingerprint density at radius 1 is 1.38 bits per heavy atom. The van der Waals surface area contributed by atoms with Gasteiger partial charge >= 0.3 is 5.97 Å². The Hall–Kier alpha value is -1.94. The highest BCUT2D eigenvalue weighted by atomic mass is 32.2. The lowest BCUT2D eigenvalue weighted by Crippen LogP contribution is -2.31. The van der Waals surface area contributed by atoms with E-state index in [1.165, 1.54) is 0 Å². The molecule has 0 aliphatic heterocycles. The number of hydrogen-bond donors (Lipinski definition) is 3. The molecule has 1 heterocycles. The number of carbonyl (C=O) groups is 2. The number of amides is 1. The van der Waals surface area contributed by atoms with Crippen molar-refractivity contribution in [2.45, 2.75) is 25.3 Å². The van der Waals surface area contributed by atoms with Crippen LogP contribution in [-0.4, -0.2) is 50.2 Å². The summed E-state index contributed by atoms with van der Waals surface area (Å²) in [4.78, 5) is 22.8. The molecule has 0 unspecified atom stereocenters. The lowest BCUT2D eigenvalue weighted by atomic mass is 10.4. The topological polar surface area (TPSA) is 130 Å². The average molecular weight is 318 g/mol. The van der Waals surface area contributed by atoms with Crippen LogP contribution in [0.15, 0.2) is 11.2 Å². The molecule has 1 aromatic rings. The number of ether oxygens (including phenoxy) is 1. The molecule has 0 atom stereocenters. The van der Waals surface area contributed by atoms with Crippen LogP contribution in [0.2, 0.25) is 0 Å². The van der Waals surface area contributed by atoms with Crippen LogP contribution >= 0.6 is 0 Å².